The van der Waals surface area contributed by atoms with Crippen molar-refractivity contribution in [3.63, 3.8) is 0 Å². The Bertz CT molecular complexity index is 376. The number of hydrogen-bond acceptors (Lipinski definition) is 2. The van der Waals surface area contributed by atoms with Gasteiger partial charge in [0, 0.05) is 6.54 Å². The molecule has 0 aliphatic rings. The maximum Gasteiger partial charge on any atom is 0.0802 e. The van der Waals surface area contributed by atoms with Crippen LogP contribution in [0.15, 0.2) is 18.2 Å². The van der Waals surface area contributed by atoms with Gasteiger partial charge in [-0.25, -0.2) is 0 Å². The highest BCUT2D eigenvalue weighted by molar-refractivity contribution is 5.31. The molecule has 1 aromatic rings. The van der Waals surface area contributed by atoms with Gasteiger partial charge in [0.1, 0.15) is 0 Å². The fourth-order valence-electron chi connectivity index (χ4n) is 2.25. The van der Waals surface area contributed by atoms with Gasteiger partial charge in [0.15, 0.2) is 0 Å². The van der Waals surface area contributed by atoms with Crippen LogP contribution in [0.4, 0.5) is 0 Å². The van der Waals surface area contributed by atoms with Crippen LogP contribution in [0.1, 0.15) is 55.9 Å². The second-order valence-corrected chi connectivity index (χ2v) is 5.44. The highest BCUT2D eigenvalue weighted by Crippen LogP contribution is 2.20. The van der Waals surface area contributed by atoms with E-state index in [4.69, 9.17) is 0 Å². The van der Waals surface area contributed by atoms with Crippen molar-refractivity contribution in [3.05, 3.63) is 34.9 Å². The molecule has 0 saturated heterocycles. The Labute approximate surface area is 118 Å². The predicted octanol–water partition coefficient (Wildman–Crippen LogP) is 3.85. The van der Waals surface area contributed by atoms with Crippen LogP contribution >= 0.6 is 0 Å². The van der Waals surface area contributed by atoms with E-state index in [0.29, 0.717) is 0 Å². The summed E-state index contributed by atoms with van der Waals surface area (Å²) in [7, 11) is 0. The first kappa shape index (κ1) is 16.2. The van der Waals surface area contributed by atoms with Crippen LogP contribution in [0, 0.1) is 13.8 Å². The maximum atomic E-state index is 10.3. The number of aryl methyl sites for hydroxylation is 2. The summed E-state index contributed by atoms with van der Waals surface area (Å²) in [6, 6.07) is 6.26. The lowest BCUT2D eigenvalue weighted by Gasteiger charge is -2.22. The molecule has 108 valence electrons. The number of rotatable bonds is 8. The van der Waals surface area contributed by atoms with Crippen LogP contribution in [0.25, 0.3) is 0 Å². The van der Waals surface area contributed by atoms with E-state index in [-0.39, 0.29) is 6.10 Å². The molecule has 1 unspecified atom stereocenters. The molecule has 0 bridgehead atoms. The Morgan fingerprint density at radius 2 is 1.84 bits per heavy atom. The van der Waals surface area contributed by atoms with Crippen molar-refractivity contribution in [2.45, 2.75) is 53.1 Å². The van der Waals surface area contributed by atoms with Gasteiger partial charge in [-0.15, -0.1) is 0 Å². The summed E-state index contributed by atoms with van der Waals surface area (Å²) in [5, 5.41) is 10.3. The van der Waals surface area contributed by atoms with E-state index in [1.165, 1.54) is 24.0 Å². The lowest BCUT2D eigenvalue weighted by Crippen LogP contribution is -2.26. The van der Waals surface area contributed by atoms with Crippen LogP contribution in [0.2, 0.25) is 0 Å². The van der Waals surface area contributed by atoms with Crippen molar-refractivity contribution in [1.29, 1.82) is 0 Å². The summed E-state index contributed by atoms with van der Waals surface area (Å²) in [5.74, 6) is 0. The summed E-state index contributed by atoms with van der Waals surface area (Å²) in [6.45, 7) is 11.8. The van der Waals surface area contributed by atoms with E-state index in [1.54, 1.807) is 0 Å². The minimum absolute atomic E-state index is 0.338. The second kappa shape index (κ2) is 8.34. The minimum atomic E-state index is -0.338. The SMILES string of the molecule is CCCCN(CC)CCC(O)c1ccc(C)c(C)c1. The van der Waals surface area contributed by atoms with Gasteiger partial charge in [-0.1, -0.05) is 38.5 Å². The molecule has 0 spiro atoms. The highest BCUT2D eigenvalue weighted by atomic mass is 16.3. The van der Waals surface area contributed by atoms with Gasteiger partial charge < -0.3 is 10.0 Å². The lowest BCUT2D eigenvalue weighted by atomic mass is 10.0. The molecule has 0 aliphatic carbocycles. The van der Waals surface area contributed by atoms with Crippen LogP contribution in [0.3, 0.4) is 0 Å². The van der Waals surface area contributed by atoms with E-state index >= 15 is 0 Å². The quantitative estimate of drug-likeness (QED) is 0.770. The molecule has 0 aromatic heterocycles. The van der Waals surface area contributed by atoms with E-state index in [0.717, 1.165) is 31.6 Å². The predicted molar refractivity (Wildman–Crippen MR) is 82.5 cm³/mol. The van der Waals surface area contributed by atoms with Crippen molar-refractivity contribution in [3.8, 4) is 0 Å². The van der Waals surface area contributed by atoms with Gasteiger partial charge in [-0.05, 0) is 56.5 Å². The number of nitrogens with zero attached hydrogens (tertiary/aromatic N) is 1. The lowest BCUT2D eigenvalue weighted by molar-refractivity contribution is 0.143. The molecule has 0 radical (unpaired) electrons. The van der Waals surface area contributed by atoms with Crippen molar-refractivity contribution in [2.24, 2.45) is 0 Å². The third-order valence-electron chi connectivity index (χ3n) is 3.91. The first-order valence-corrected chi connectivity index (χ1v) is 7.56. The molecule has 0 saturated carbocycles. The molecule has 19 heavy (non-hydrogen) atoms. The standard InChI is InChI=1S/C17H29NO/c1-5-7-11-18(6-2)12-10-17(19)16-9-8-14(3)15(4)13-16/h8-9,13,17,19H,5-7,10-12H2,1-4H3. The molecule has 0 aliphatic heterocycles. The zero-order valence-electron chi connectivity index (χ0n) is 12.9. The van der Waals surface area contributed by atoms with Gasteiger partial charge in [-0.3, -0.25) is 0 Å². The summed E-state index contributed by atoms with van der Waals surface area (Å²) in [6.07, 6.45) is 2.96. The summed E-state index contributed by atoms with van der Waals surface area (Å²) in [4.78, 5) is 2.42. The van der Waals surface area contributed by atoms with Crippen LogP contribution in [0.5, 0.6) is 0 Å². The molecule has 1 atom stereocenters. The average Bonchev–Trinajstić information content (AvgIpc) is 2.41. The van der Waals surface area contributed by atoms with E-state index in [1.807, 2.05) is 0 Å². The number of aliphatic hydroxyl groups excluding tert-OH is 1. The molecule has 1 aromatic carbocycles. The number of aliphatic hydroxyl groups is 1. The normalized spacial score (nSPS) is 12.9. The van der Waals surface area contributed by atoms with Crippen molar-refractivity contribution in [2.75, 3.05) is 19.6 Å². The monoisotopic (exact) mass is 263 g/mol. The van der Waals surface area contributed by atoms with Gasteiger partial charge >= 0.3 is 0 Å². The third-order valence-corrected chi connectivity index (χ3v) is 3.91. The Kier molecular flexibility index (Phi) is 7.11. The van der Waals surface area contributed by atoms with Gasteiger partial charge in [0.2, 0.25) is 0 Å². The Hall–Kier alpha value is -0.860. The Morgan fingerprint density at radius 1 is 1.11 bits per heavy atom. The number of benzene rings is 1. The highest BCUT2D eigenvalue weighted by Gasteiger charge is 2.10. The molecule has 2 nitrogen and oxygen atoms in total. The molecular weight excluding hydrogens is 234 g/mol. The molecule has 1 rings (SSSR count). The summed E-state index contributed by atoms with van der Waals surface area (Å²) >= 11 is 0. The molecule has 0 amide bonds. The van der Waals surface area contributed by atoms with Crippen molar-refractivity contribution in [1.82, 2.24) is 4.90 Å². The summed E-state index contributed by atoms with van der Waals surface area (Å²) < 4.78 is 0. The third kappa shape index (κ3) is 5.33. The molecule has 2 heteroatoms. The largest absolute Gasteiger partial charge is 0.388 e. The second-order valence-electron chi connectivity index (χ2n) is 5.44. The smallest absolute Gasteiger partial charge is 0.0802 e. The zero-order valence-corrected chi connectivity index (χ0v) is 12.9. The van der Waals surface area contributed by atoms with E-state index < -0.39 is 0 Å². The molecular formula is C17H29NO. The minimum Gasteiger partial charge on any atom is -0.388 e. The van der Waals surface area contributed by atoms with Crippen molar-refractivity contribution >= 4 is 0 Å². The summed E-state index contributed by atoms with van der Waals surface area (Å²) in [5.41, 5.74) is 3.60. The Balaban J connectivity index is 2.49. The topological polar surface area (TPSA) is 23.5 Å². The average molecular weight is 263 g/mol. The van der Waals surface area contributed by atoms with E-state index in [2.05, 4.69) is 50.8 Å². The zero-order chi connectivity index (χ0) is 14.3. The van der Waals surface area contributed by atoms with Crippen LogP contribution < -0.4 is 0 Å². The van der Waals surface area contributed by atoms with Gasteiger partial charge in [0.05, 0.1) is 6.10 Å². The van der Waals surface area contributed by atoms with Crippen molar-refractivity contribution < 1.29 is 5.11 Å². The fourth-order valence-corrected chi connectivity index (χ4v) is 2.25. The first-order chi connectivity index (χ1) is 9.08. The molecule has 0 fully saturated rings. The maximum absolute atomic E-state index is 10.3. The number of unbranched alkanes of at least 4 members (excludes halogenated alkanes) is 1. The first-order valence-electron chi connectivity index (χ1n) is 7.56. The van der Waals surface area contributed by atoms with Gasteiger partial charge in [0.25, 0.3) is 0 Å². The number of hydrogen-bond donors (Lipinski definition) is 1. The Morgan fingerprint density at radius 3 is 2.42 bits per heavy atom. The van der Waals surface area contributed by atoms with Gasteiger partial charge in [-0.2, -0.15) is 0 Å². The fraction of sp³-hybridized carbons (Fsp3) is 0.647. The molecule has 0 heterocycles. The molecule has 1 N–H and O–H groups in total. The van der Waals surface area contributed by atoms with E-state index in [9.17, 15) is 5.11 Å². The van der Waals surface area contributed by atoms with Crippen LogP contribution in [-0.4, -0.2) is 29.6 Å². The van der Waals surface area contributed by atoms with Crippen LogP contribution in [-0.2, 0) is 0 Å².